The van der Waals surface area contributed by atoms with Gasteiger partial charge in [0.25, 0.3) is 0 Å². The van der Waals surface area contributed by atoms with Crippen molar-refractivity contribution in [3.05, 3.63) is 21.6 Å². The van der Waals surface area contributed by atoms with E-state index in [9.17, 15) is 0 Å². The smallest absolute Gasteiger partial charge is 0.0949 e. The van der Waals surface area contributed by atoms with Crippen LogP contribution < -0.4 is 0 Å². The number of benzene rings is 1. The fourth-order valence-corrected chi connectivity index (χ4v) is 3.15. The number of thiol groups is 1. The monoisotopic (exact) mass is 259 g/mol. The molecule has 1 aromatic carbocycles. The van der Waals surface area contributed by atoms with Gasteiger partial charge in [-0.15, -0.1) is 24.0 Å². The topological polar surface area (TPSA) is 12.9 Å². The fraction of sp³-hybridized carbons (Fsp3) is 0.125. The third-order valence-corrected chi connectivity index (χ3v) is 3.26. The lowest BCUT2D eigenvalue weighted by Crippen LogP contribution is -1.72. The number of rotatable bonds is 0. The Balaban J connectivity index is 2.88. The second-order valence-corrected chi connectivity index (χ2v) is 5.14. The lowest BCUT2D eigenvalue weighted by molar-refractivity contribution is 1.31. The van der Waals surface area contributed by atoms with Gasteiger partial charge >= 0.3 is 0 Å². The molecule has 1 aromatic heterocycles. The largest absolute Gasteiger partial charge is 0.240 e. The Kier molecular flexibility index (Phi) is 2.14. The average molecular weight is 260 g/mol. The van der Waals surface area contributed by atoms with E-state index in [0.29, 0.717) is 0 Å². The molecule has 0 spiro atoms. The van der Waals surface area contributed by atoms with E-state index in [0.717, 1.165) is 19.9 Å². The molecule has 0 N–H and O–H groups in total. The van der Waals surface area contributed by atoms with Crippen LogP contribution in [0.1, 0.15) is 5.01 Å². The van der Waals surface area contributed by atoms with Crippen molar-refractivity contribution in [2.75, 3.05) is 0 Å². The lowest BCUT2D eigenvalue weighted by atomic mass is 10.3. The first-order valence-electron chi connectivity index (χ1n) is 3.42. The molecule has 0 bridgehead atoms. The van der Waals surface area contributed by atoms with Crippen molar-refractivity contribution < 1.29 is 0 Å². The predicted molar refractivity (Wildman–Crippen MR) is 59.3 cm³/mol. The van der Waals surface area contributed by atoms with Crippen LogP contribution in [0.15, 0.2) is 21.5 Å². The number of thiazole rings is 1. The molecule has 1 heterocycles. The minimum absolute atomic E-state index is 0.934. The molecule has 2 rings (SSSR count). The van der Waals surface area contributed by atoms with Gasteiger partial charge in [0.1, 0.15) is 0 Å². The van der Waals surface area contributed by atoms with Crippen molar-refractivity contribution in [1.82, 2.24) is 4.98 Å². The number of aryl methyl sites for hydroxylation is 1. The van der Waals surface area contributed by atoms with E-state index in [2.05, 4.69) is 39.6 Å². The van der Waals surface area contributed by atoms with Crippen LogP contribution in [0.3, 0.4) is 0 Å². The van der Waals surface area contributed by atoms with E-state index in [-0.39, 0.29) is 0 Å². The highest BCUT2D eigenvalue weighted by atomic mass is 79.9. The standard InChI is InChI=1S/C8H6BrNS2/c1-4-10-8-6(11)2-5(9)3-7(8)12-4/h2-3,11H,1H3. The Morgan fingerprint density at radius 1 is 1.50 bits per heavy atom. The molecule has 0 aliphatic rings. The van der Waals surface area contributed by atoms with Gasteiger partial charge in [-0.1, -0.05) is 15.9 Å². The zero-order valence-electron chi connectivity index (χ0n) is 6.34. The second kappa shape index (κ2) is 3.01. The molecular weight excluding hydrogens is 254 g/mol. The van der Waals surface area contributed by atoms with Gasteiger partial charge in [-0.3, -0.25) is 0 Å². The van der Waals surface area contributed by atoms with Crippen molar-refractivity contribution in [2.24, 2.45) is 0 Å². The van der Waals surface area contributed by atoms with E-state index in [1.807, 2.05) is 13.0 Å². The van der Waals surface area contributed by atoms with Gasteiger partial charge in [-0.2, -0.15) is 0 Å². The minimum atomic E-state index is 0.934. The quantitative estimate of drug-likeness (QED) is 0.713. The molecule has 0 aliphatic carbocycles. The first-order chi connectivity index (χ1) is 5.66. The van der Waals surface area contributed by atoms with Gasteiger partial charge in [0.05, 0.1) is 15.2 Å². The van der Waals surface area contributed by atoms with Crippen LogP contribution >= 0.6 is 39.9 Å². The Bertz CT molecular complexity index is 436. The van der Waals surface area contributed by atoms with Crippen LogP contribution in [0.2, 0.25) is 0 Å². The highest BCUT2D eigenvalue weighted by molar-refractivity contribution is 9.10. The van der Waals surface area contributed by atoms with Crippen LogP contribution in [0, 0.1) is 6.92 Å². The highest BCUT2D eigenvalue weighted by Gasteiger charge is 2.04. The second-order valence-electron chi connectivity index (χ2n) is 2.50. The zero-order chi connectivity index (χ0) is 8.72. The van der Waals surface area contributed by atoms with E-state index in [1.54, 1.807) is 11.3 Å². The molecule has 0 saturated heterocycles. The molecule has 12 heavy (non-hydrogen) atoms. The summed E-state index contributed by atoms with van der Waals surface area (Å²) in [4.78, 5) is 5.31. The molecule has 4 heteroatoms. The summed E-state index contributed by atoms with van der Waals surface area (Å²) < 4.78 is 2.25. The maximum absolute atomic E-state index is 4.38. The normalized spacial score (nSPS) is 10.9. The molecule has 0 unspecified atom stereocenters. The lowest BCUT2D eigenvalue weighted by Gasteiger charge is -1.93. The molecule has 62 valence electrons. The SMILES string of the molecule is Cc1nc2c(S)cc(Br)cc2s1. The third-order valence-electron chi connectivity index (χ3n) is 1.55. The molecule has 0 fully saturated rings. The third kappa shape index (κ3) is 1.39. The van der Waals surface area contributed by atoms with Crippen LogP contribution in [0.4, 0.5) is 0 Å². The maximum atomic E-state index is 4.38. The maximum Gasteiger partial charge on any atom is 0.0949 e. The van der Waals surface area contributed by atoms with Gasteiger partial charge in [0.15, 0.2) is 0 Å². The van der Waals surface area contributed by atoms with E-state index in [4.69, 9.17) is 0 Å². The number of aromatic nitrogens is 1. The Labute approximate surface area is 88.4 Å². The molecular formula is C8H6BrNS2. The number of halogens is 1. The van der Waals surface area contributed by atoms with Crippen LogP contribution in [0.25, 0.3) is 10.2 Å². The summed E-state index contributed by atoms with van der Waals surface area (Å²) in [5, 5.41) is 1.08. The molecule has 0 aliphatic heterocycles. The van der Waals surface area contributed by atoms with Gasteiger partial charge in [-0.25, -0.2) is 4.98 Å². The van der Waals surface area contributed by atoms with Gasteiger partial charge in [0.2, 0.25) is 0 Å². The Hall–Kier alpha value is -0.0600. The first-order valence-corrected chi connectivity index (χ1v) is 5.48. The van der Waals surface area contributed by atoms with Gasteiger partial charge < -0.3 is 0 Å². The van der Waals surface area contributed by atoms with Gasteiger partial charge in [-0.05, 0) is 19.1 Å². The molecule has 1 nitrogen and oxygen atoms in total. The van der Waals surface area contributed by atoms with Crippen LogP contribution in [0.5, 0.6) is 0 Å². The van der Waals surface area contributed by atoms with Crippen LogP contribution in [-0.4, -0.2) is 4.98 Å². The molecule has 0 radical (unpaired) electrons. The van der Waals surface area contributed by atoms with Crippen molar-refractivity contribution in [3.8, 4) is 0 Å². The number of nitrogens with zero attached hydrogens (tertiary/aromatic N) is 1. The van der Waals surface area contributed by atoms with Crippen molar-refractivity contribution in [2.45, 2.75) is 11.8 Å². The summed E-state index contributed by atoms with van der Waals surface area (Å²) >= 11 is 9.46. The number of hydrogen-bond donors (Lipinski definition) is 1. The van der Waals surface area contributed by atoms with Gasteiger partial charge in [0, 0.05) is 9.37 Å². The molecule has 0 atom stereocenters. The summed E-state index contributed by atoms with van der Waals surface area (Å²) in [6, 6.07) is 4.03. The summed E-state index contributed by atoms with van der Waals surface area (Å²) in [5.74, 6) is 0. The Morgan fingerprint density at radius 2 is 2.25 bits per heavy atom. The zero-order valence-corrected chi connectivity index (χ0v) is 9.63. The minimum Gasteiger partial charge on any atom is -0.240 e. The summed E-state index contributed by atoms with van der Waals surface area (Å²) in [6.45, 7) is 2.01. The number of hydrogen-bond acceptors (Lipinski definition) is 3. The summed E-state index contributed by atoms with van der Waals surface area (Å²) in [6.07, 6.45) is 0. The Morgan fingerprint density at radius 3 is 3.00 bits per heavy atom. The van der Waals surface area contributed by atoms with Crippen molar-refractivity contribution >= 4 is 50.1 Å². The van der Waals surface area contributed by atoms with Crippen LogP contribution in [-0.2, 0) is 0 Å². The highest BCUT2D eigenvalue weighted by Crippen LogP contribution is 2.30. The molecule has 2 aromatic rings. The fourth-order valence-electron chi connectivity index (χ4n) is 1.09. The van der Waals surface area contributed by atoms with E-state index >= 15 is 0 Å². The first kappa shape index (κ1) is 8.53. The predicted octanol–water partition coefficient (Wildman–Crippen LogP) is 3.66. The molecule has 0 amide bonds. The van der Waals surface area contributed by atoms with Crippen molar-refractivity contribution in [1.29, 1.82) is 0 Å². The summed E-state index contributed by atoms with van der Waals surface area (Å²) in [5.41, 5.74) is 1.00. The van der Waals surface area contributed by atoms with Crippen molar-refractivity contribution in [3.63, 3.8) is 0 Å². The molecule has 0 saturated carbocycles. The summed E-state index contributed by atoms with van der Waals surface area (Å²) in [7, 11) is 0. The number of fused-ring (bicyclic) bond motifs is 1. The van der Waals surface area contributed by atoms with E-state index < -0.39 is 0 Å². The average Bonchev–Trinajstić information content (AvgIpc) is 2.29. The van der Waals surface area contributed by atoms with E-state index in [1.165, 1.54) is 4.70 Å².